The van der Waals surface area contributed by atoms with Crippen LogP contribution >= 0.6 is 0 Å². The van der Waals surface area contributed by atoms with Crippen LogP contribution in [0.25, 0.3) is 0 Å². The van der Waals surface area contributed by atoms with Gasteiger partial charge < -0.3 is 24.6 Å². The molecule has 9 heteroatoms. The molecule has 0 spiro atoms. The van der Waals surface area contributed by atoms with Crippen molar-refractivity contribution in [3.05, 3.63) is 35.7 Å². The van der Waals surface area contributed by atoms with Gasteiger partial charge in [0.05, 0.1) is 19.8 Å². The fourth-order valence-corrected chi connectivity index (χ4v) is 2.66. The zero-order valence-electron chi connectivity index (χ0n) is 16.5. The van der Waals surface area contributed by atoms with Gasteiger partial charge in [-0.25, -0.2) is 0 Å². The summed E-state index contributed by atoms with van der Waals surface area (Å²) in [6.45, 7) is 4.86. The second-order valence-corrected chi connectivity index (χ2v) is 6.73. The Morgan fingerprint density at radius 2 is 2.04 bits per heavy atom. The highest BCUT2D eigenvalue weighted by atomic mass is 16.5. The molecule has 0 bridgehead atoms. The van der Waals surface area contributed by atoms with E-state index in [-0.39, 0.29) is 19.1 Å². The third-order valence-electron chi connectivity index (χ3n) is 4.16. The zero-order chi connectivity index (χ0) is 19.9. The molecule has 0 aliphatic carbocycles. The molecule has 3 rings (SSSR count). The average Bonchev–Trinajstić information content (AvgIpc) is 2.71. The first kappa shape index (κ1) is 19.8. The maximum atomic E-state index is 12.1. The van der Waals surface area contributed by atoms with E-state index in [9.17, 15) is 4.79 Å². The number of nitrogens with one attached hydrogen (secondary N) is 1. The Morgan fingerprint density at radius 1 is 1.25 bits per heavy atom. The number of amides is 1. The molecule has 0 saturated carbocycles. The Morgan fingerprint density at radius 3 is 2.75 bits per heavy atom. The molecule has 0 unspecified atom stereocenters. The number of aromatic nitrogens is 3. The molecule has 1 aliphatic heterocycles. The van der Waals surface area contributed by atoms with Gasteiger partial charge in [-0.2, -0.15) is 15.0 Å². The molecule has 0 atom stereocenters. The summed E-state index contributed by atoms with van der Waals surface area (Å²) < 4.78 is 10.9. The molecule has 1 aromatic carbocycles. The second-order valence-electron chi connectivity index (χ2n) is 6.73. The van der Waals surface area contributed by atoms with Crippen molar-refractivity contribution in [3.63, 3.8) is 0 Å². The summed E-state index contributed by atoms with van der Waals surface area (Å²) in [6.07, 6.45) is 0. The van der Waals surface area contributed by atoms with Crippen LogP contribution in [0.3, 0.4) is 0 Å². The van der Waals surface area contributed by atoms with Crippen molar-refractivity contribution in [1.82, 2.24) is 20.3 Å². The van der Waals surface area contributed by atoms with E-state index in [0.29, 0.717) is 36.7 Å². The second kappa shape index (κ2) is 9.32. The first-order valence-electron chi connectivity index (χ1n) is 9.22. The molecule has 28 heavy (non-hydrogen) atoms. The summed E-state index contributed by atoms with van der Waals surface area (Å²) in [5, 5.41) is 2.80. The molecular formula is C19H26N6O3. The Bertz CT molecular complexity index is 808. The smallest absolute Gasteiger partial charge is 0.258 e. The number of benzene rings is 1. The molecule has 1 N–H and O–H groups in total. The van der Waals surface area contributed by atoms with Gasteiger partial charge in [0.25, 0.3) is 5.91 Å². The molecule has 1 aromatic heterocycles. The Balaban J connectivity index is 1.60. The molecule has 1 fully saturated rings. The maximum Gasteiger partial charge on any atom is 0.258 e. The van der Waals surface area contributed by atoms with E-state index >= 15 is 0 Å². The summed E-state index contributed by atoms with van der Waals surface area (Å²) in [4.78, 5) is 29.4. The largest absolute Gasteiger partial charge is 0.484 e. The van der Waals surface area contributed by atoms with Crippen molar-refractivity contribution in [1.29, 1.82) is 0 Å². The van der Waals surface area contributed by atoms with Gasteiger partial charge in [-0.15, -0.1) is 0 Å². The number of morpholine rings is 1. The third kappa shape index (κ3) is 5.53. The van der Waals surface area contributed by atoms with E-state index in [1.54, 1.807) is 0 Å². The number of hydrogen-bond donors (Lipinski definition) is 1. The number of hydrogen-bond acceptors (Lipinski definition) is 8. The number of anilines is 2. The van der Waals surface area contributed by atoms with Gasteiger partial charge in [0, 0.05) is 27.2 Å². The highest BCUT2D eigenvalue weighted by molar-refractivity contribution is 5.77. The van der Waals surface area contributed by atoms with Crippen LogP contribution in [-0.4, -0.2) is 67.9 Å². The standard InChI is InChI=1S/C19H26N6O3/c1-14-5-4-6-15(11-14)28-13-17(26)20-12-16-21-18(24(2)3)23-19(22-16)25-7-9-27-10-8-25/h4-6,11H,7-10,12-13H2,1-3H3,(H,20,26). The molecule has 2 aromatic rings. The van der Waals surface area contributed by atoms with E-state index in [4.69, 9.17) is 9.47 Å². The van der Waals surface area contributed by atoms with E-state index in [1.165, 1.54) is 0 Å². The quantitative estimate of drug-likeness (QED) is 0.746. The molecule has 0 radical (unpaired) electrons. The Kier molecular flexibility index (Phi) is 6.59. The van der Waals surface area contributed by atoms with Gasteiger partial charge in [0.2, 0.25) is 11.9 Å². The summed E-state index contributed by atoms with van der Waals surface area (Å²) in [5.74, 6) is 2.09. The van der Waals surface area contributed by atoms with Gasteiger partial charge in [0.15, 0.2) is 12.4 Å². The number of aryl methyl sites for hydroxylation is 1. The van der Waals surface area contributed by atoms with Crippen LogP contribution < -0.4 is 19.9 Å². The lowest BCUT2D eigenvalue weighted by atomic mass is 10.2. The molecule has 1 amide bonds. The zero-order valence-corrected chi connectivity index (χ0v) is 16.5. The average molecular weight is 386 g/mol. The normalized spacial score (nSPS) is 13.9. The van der Waals surface area contributed by atoms with Crippen molar-refractivity contribution >= 4 is 17.8 Å². The molecule has 9 nitrogen and oxygen atoms in total. The molecule has 2 heterocycles. The predicted molar refractivity (Wildman–Crippen MR) is 106 cm³/mol. The highest BCUT2D eigenvalue weighted by Crippen LogP contribution is 2.14. The monoisotopic (exact) mass is 386 g/mol. The van der Waals surface area contributed by atoms with Crippen LogP contribution in [0.4, 0.5) is 11.9 Å². The van der Waals surface area contributed by atoms with Crippen LogP contribution in [0.2, 0.25) is 0 Å². The lowest BCUT2D eigenvalue weighted by Gasteiger charge is -2.27. The topological polar surface area (TPSA) is 92.7 Å². The van der Waals surface area contributed by atoms with E-state index in [2.05, 4.69) is 25.2 Å². The SMILES string of the molecule is Cc1cccc(OCC(=O)NCc2nc(N(C)C)nc(N3CCOCC3)n2)c1. The van der Waals surface area contributed by atoms with Crippen molar-refractivity contribution in [2.75, 3.05) is 56.8 Å². The minimum absolute atomic E-state index is 0.0641. The van der Waals surface area contributed by atoms with Gasteiger partial charge in [-0.1, -0.05) is 12.1 Å². The molecule has 150 valence electrons. The first-order chi connectivity index (χ1) is 13.5. The molecular weight excluding hydrogens is 360 g/mol. The third-order valence-corrected chi connectivity index (χ3v) is 4.16. The molecule has 1 saturated heterocycles. The van der Waals surface area contributed by atoms with Crippen LogP contribution in [-0.2, 0) is 16.1 Å². The minimum Gasteiger partial charge on any atom is -0.484 e. The van der Waals surface area contributed by atoms with Crippen molar-refractivity contribution in [2.24, 2.45) is 0 Å². The van der Waals surface area contributed by atoms with E-state index in [0.717, 1.165) is 18.7 Å². The highest BCUT2D eigenvalue weighted by Gasteiger charge is 2.17. The lowest BCUT2D eigenvalue weighted by Crippen LogP contribution is -2.38. The minimum atomic E-state index is -0.235. The van der Waals surface area contributed by atoms with Crippen LogP contribution in [0.15, 0.2) is 24.3 Å². The van der Waals surface area contributed by atoms with Gasteiger partial charge >= 0.3 is 0 Å². The number of nitrogens with zero attached hydrogens (tertiary/aromatic N) is 5. The van der Waals surface area contributed by atoms with Gasteiger partial charge in [-0.3, -0.25) is 4.79 Å². The number of ether oxygens (including phenoxy) is 2. The van der Waals surface area contributed by atoms with Crippen molar-refractivity contribution in [2.45, 2.75) is 13.5 Å². The van der Waals surface area contributed by atoms with Crippen molar-refractivity contribution < 1.29 is 14.3 Å². The van der Waals surface area contributed by atoms with Gasteiger partial charge in [0.1, 0.15) is 5.75 Å². The first-order valence-corrected chi connectivity index (χ1v) is 9.22. The summed E-state index contributed by atoms with van der Waals surface area (Å²) in [6, 6.07) is 7.58. The number of carbonyl (C=O) groups is 1. The van der Waals surface area contributed by atoms with Gasteiger partial charge in [-0.05, 0) is 24.6 Å². The van der Waals surface area contributed by atoms with Crippen LogP contribution in [0, 0.1) is 6.92 Å². The number of carbonyl (C=O) groups excluding carboxylic acids is 1. The maximum absolute atomic E-state index is 12.1. The van der Waals surface area contributed by atoms with Crippen LogP contribution in [0.1, 0.15) is 11.4 Å². The van der Waals surface area contributed by atoms with Crippen molar-refractivity contribution in [3.8, 4) is 5.75 Å². The molecule has 1 aliphatic rings. The predicted octanol–water partition coefficient (Wildman–Crippen LogP) is 0.778. The lowest BCUT2D eigenvalue weighted by molar-refractivity contribution is -0.123. The van der Waals surface area contributed by atoms with Crippen LogP contribution in [0.5, 0.6) is 5.75 Å². The number of rotatable bonds is 7. The fourth-order valence-electron chi connectivity index (χ4n) is 2.66. The summed E-state index contributed by atoms with van der Waals surface area (Å²) in [7, 11) is 3.74. The Labute approximate surface area is 164 Å². The fraction of sp³-hybridized carbons (Fsp3) is 0.474. The van der Waals surface area contributed by atoms with E-state index in [1.807, 2.05) is 50.2 Å². The summed E-state index contributed by atoms with van der Waals surface area (Å²) >= 11 is 0. The Hall–Kier alpha value is -2.94. The summed E-state index contributed by atoms with van der Waals surface area (Å²) in [5.41, 5.74) is 1.08. The van der Waals surface area contributed by atoms with E-state index < -0.39 is 0 Å².